The number of benzene rings is 5. The van der Waals surface area contributed by atoms with E-state index in [0.717, 1.165) is 32.7 Å². The predicted octanol–water partition coefficient (Wildman–Crippen LogP) is 8.08. The average molecular weight is 540 g/mol. The summed E-state index contributed by atoms with van der Waals surface area (Å²) in [5.41, 5.74) is 2.07. The number of methoxy groups -OCH3 is 1. The summed E-state index contributed by atoms with van der Waals surface area (Å²) < 4.78 is 38.1. The number of amides is 1. The highest BCUT2D eigenvalue weighted by Crippen LogP contribution is 2.64. The molecule has 8 heteroatoms. The van der Waals surface area contributed by atoms with Crippen LogP contribution in [0, 0.1) is 0 Å². The monoisotopic (exact) mass is 539 g/mol. The van der Waals surface area contributed by atoms with Crippen LogP contribution in [0.1, 0.15) is 18.3 Å². The Morgan fingerprint density at radius 1 is 0.795 bits per heavy atom. The molecule has 0 aromatic heterocycles. The minimum absolute atomic E-state index is 0.150. The lowest BCUT2D eigenvalue weighted by atomic mass is 9.92. The van der Waals surface area contributed by atoms with Gasteiger partial charge in [-0.25, -0.2) is 9.36 Å². The summed E-state index contributed by atoms with van der Waals surface area (Å²) in [5, 5.41) is 6.61. The van der Waals surface area contributed by atoms with Crippen molar-refractivity contribution in [3.8, 4) is 28.4 Å². The molecule has 0 fully saturated rings. The van der Waals surface area contributed by atoms with E-state index in [2.05, 4.69) is 5.32 Å². The fraction of sp³-hybridized carbons (Fsp3) is 0.129. The third-order valence-electron chi connectivity index (χ3n) is 6.76. The SMILES string of the molecule is CCOC(=O)NC(c1ccc(OC)cc1)P1(=O)Oc2ccc3ccccc3c2-c2c(ccc3ccccc23)O1. The summed E-state index contributed by atoms with van der Waals surface area (Å²) >= 11 is 0. The quantitative estimate of drug-likeness (QED) is 0.227. The molecule has 0 bridgehead atoms. The van der Waals surface area contributed by atoms with Crippen LogP contribution in [0.15, 0.2) is 97.1 Å². The van der Waals surface area contributed by atoms with Crippen LogP contribution >= 0.6 is 7.60 Å². The lowest BCUT2D eigenvalue weighted by Crippen LogP contribution is -2.31. The maximum Gasteiger partial charge on any atom is 0.457 e. The normalized spacial score (nSPS) is 14.2. The molecule has 1 atom stereocenters. The van der Waals surface area contributed by atoms with E-state index in [4.69, 9.17) is 18.5 Å². The largest absolute Gasteiger partial charge is 0.497 e. The third kappa shape index (κ3) is 4.45. The molecule has 5 aromatic rings. The lowest BCUT2D eigenvalue weighted by Gasteiger charge is -2.27. The summed E-state index contributed by atoms with van der Waals surface area (Å²) in [6.45, 7) is 1.85. The highest BCUT2D eigenvalue weighted by atomic mass is 31.2. The van der Waals surface area contributed by atoms with Crippen LogP contribution in [-0.2, 0) is 9.30 Å². The number of hydrogen-bond acceptors (Lipinski definition) is 6. The van der Waals surface area contributed by atoms with Crippen molar-refractivity contribution in [3.63, 3.8) is 0 Å². The summed E-state index contributed by atoms with van der Waals surface area (Å²) in [4.78, 5) is 12.7. The zero-order valence-corrected chi connectivity index (χ0v) is 22.3. The Kier molecular flexibility index (Phi) is 6.37. The Bertz CT molecular complexity index is 1660. The third-order valence-corrected chi connectivity index (χ3v) is 8.72. The number of hydrogen-bond donors (Lipinski definition) is 1. The lowest BCUT2D eigenvalue weighted by molar-refractivity contribution is 0.149. The molecule has 0 saturated heterocycles. The highest BCUT2D eigenvalue weighted by Gasteiger charge is 2.45. The van der Waals surface area contributed by atoms with Crippen molar-refractivity contribution in [2.45, 2.75) is 12.7 Å². The second kappa shape index (κ2) is 10.0. The molecule has 39 heavy (non-hydrogen) atoms. The molecule has 0 spiro atoms. The molecule has 1 aliphatic rings. The number of fused-ring (bicyclic) bond motifs is 7. The van der Waals surface area contributed by atoms with Gasteiger partial charge in [0.1, 0.15) is 17.2 Å². The second-order valence-electron chi connectivity index (χ2n) is 9.08. The van der Waals surface area contributed by atoms with Crippen LogP contribution in [0.2, 0.25) is 0 Å². The van der Waals surface area contributed by atoms with Gasteiger partial charge >= 0.3 is 13.7 Å². The summed E-state index contributed by atoms with van der Waals surface area (Å²) in [6.07, 6.45) is -0.734. The average Bonchev–Trinajstić information content (AvgIpc) is 3.10. The summed E-state index contributed by atoms with van der Waals surface area (Å²) in [7, 11) is -2.60. The van der Waals surface area contributed by atoms with Crippen LogP contribution in [0.5, 0.6) is 17.2 Å². The maximum absolute atomic E-state index is 14.9. The maximum atomic E-state index is 14.9. The van der Waals surface area contributed by atoms with Crippen LogP contribution in [0.3, 0.4) is 0 Å². The van der Waals surface area contributed by atoms with E-state index in [1.54, 1.807) is 50.4 Å². The molecule has 1 aliphatic heterocycles. The second-order valence-corrected chi connectivity index (χ2v) is 11.0. The molecule has 1 N–H and O–H groups in total. The van der Waals surface area contributed by atoms with E-state index >= 15 is 0 Å². The van der Waals surface area contributed by atoms with Crippen molar-refractivity contribution in [1.82, 2.24) is 5.32 Å². The van der Waals surface area contributed by atoms with Crippen molar-refractivity contribution in [1.29, 1.82) is 0 Å². The zero-order valence-electron chi connectivity index (χ0n) is 21.4. The van der Waals surface area contributed by atoms with Crippen molar-refractivity contribution in [2.24, 2.45) is 0 Å². The Morgan fingerprint density at radius 2 is 1.33 bits per heavy atom. The van der Waals surface area contributed by atoms with Gasteiger partial charge in [-0.15, -0.1) is 0 Å². The number of ether oxygens (including phenoxy) is 2. The molecule has 5 aromatic carbocycles. The zero-order chi connectivity index (χ0) is 27.0. The van der Waals surface area contributed by atoms with Gasteiger partial charge in [0.05, 0.1) is 13.7 Å². The standard InChI is InChI=1S/C31H26NO6P/c1-3-36-31(33)32-30(22-12-16-23(35-2)17-13-22)39(34)37-26-18-14-20-8-4-6-10-24(20)28(26)29-25-11-7-5-9-21(25)15-19-27(29)38-39/h4-19,30H,3H2,1-2H3,(H,32,33). The Balaban J connectivity index is 1.60. The van der Waals surface area contributed by atoms with E-state index in [-0.39, 0.29) is 6.61 Å². The number of nitrogens with one attached hydrogen (secondary N) is 1. The Hall–Kier alpha value is -4.48. The van der Waals surface area contributed by atoms with Gasteiger partial charge in [-0.05, 0) is 58.3 Å². The molecular weight excluding hydrogens is 513 g/mol. The molecule has 1 unspecified atom stereocenters. The Morgan fingerprint density at radius 3 is 1.85 bits per heavy atom. The van der Waals surface area contributed by atoms with Gasteiger partial charge in [0, 0.05) is 11.1 Å². The molecular formula is C31H26NO6P. The van der Waals surface area contributed by atoms with E-state index in [1.807, 2.05) is 60.7 Å². The first kappa shape index (κ1) is 24.8. The Labute approximate surface area is 225 Å². The van der Waals surface area contributed by atoms with Gasteiger partial charge in [0.2, 0.25) is 0 Å². The first-order chi connectivity index (χ1) is 19.0. The van der Waals surface area contributed by atoms with Crippen molar-refractivity contribution < 1.29 is 27.9 Å². The van der Waals surface area contributed by atoms with Crippen LogP contribution in [0.25, 0.3) is 32.7 Å². The number of carbonyl (C=O) groups excluding carboxylic acids is 1. The fourth-order valence-corrected chi connectivity index (χ4v) is 6.89. The predicted molar refractivity (Wildman–Crippen MR) is 152 cm³/mol. The first-order valence-electron chi connectivity index (χ1n) is 12.6. The van der Waals surface area contributed by atoms with Crippen LogP contribution in [-0.4, -0.2) is 19.8 Å². The van der Waals surface area contributed by atoms with E-state index < -0.39 is 19.5 Å². The molecule has 1 amide bonds. The number of rotatable bonds is 5. The van der Waals surface area contributed by atoms with Gasteiger partial charge < -0.3 is 23.8 Å². The molecule has 1 heterocycles. The minimum atomic E-state index is -4.16. The first-order valence-corrected chi connectivity index (χ1v) is 14.2. The summed E-state index contributed by atoms with van der Waals surface area (Å²) in [6, 6.07) is 30.3. The number of carbonyl (C=O) groups is 1. The van der Waals surface area contributed by atoms with Gasteiger partial charge in [-0.2, -0.15) is 0 Å². The van der Waals surface area contributed by atoms with Gasteiger partial charge in [0.25, 0.3) is 0 Å². The summed E-state index contributed by atoms with van der Waals surface area (Å²) in [5.74, 6) is 0.245. The van der Waals surface area contributed by atoms with Crippen LogP contribution < -0.4 is 19.1 Å². The molecule has 0 radical (unpaired) electrons. The van der Waals surface area contributed by atoms with Crippen molar-refractivity contribution >= 4 is 35.2 Å². The van der Waals surface area contributed by atoms with Crippen molar-refractivity contribution in [3.05, 3.63) is 103 Å². The fourth-order valence-electron chi connectivity index (χ4n) is 4.98. The van der Waals surface area contributed by atoms with Crippen LogP contribution in [0.4, 0.5) is 4.79 Å². The molecule has 196 valence electrons. The smallest absolute Gasteiger partial charge is 0.457 e. The molecule has 7 nitrogen and oxygen atoms in total. The van der Waals surface area contributed by atoms with E-state index in [0.29, 0.717) is 22.8 Å². The van der Waals surface area contributed by atoms with Crippen molar-refractivity contribution in [2.75, 3.05) is 13.7 Å². The van der Waals surface area contributed by atoms with E-state index in [9.17, 15) is 9.36 Å². The van der Waals surface area contributed by atoms with Gasteiger partial charge in [0.15, 0.2) is 5.78 Å². The number of alkyl carbamates (subject to hydrolysis) is 1. The van der Waals surface area contributed by atoms with Gasteiger partial charge in [-0.3, -0.25) is 0 Å². The topological polar surface area (TPSA) is 83.1 Å². The highest BCUT2D eigenvalue weighted by molar-refractivity contribution is 7.55. The van der Waals surface area contributed by atoms with Gasteiger partial charge in [-0.1, -0.05) is 72.8 Å². The minimum Gasteiger partial charge on any atom is -0.497 e. The molecule has 0 saturated carbocycles. The molecule has 0 aliphatic carbocycles. The van der Waals surface area contributed by atoms with E-state index in [1.165, 1.54) is 0 Å². The molecule has 6 rings (SSSR count).